The van der Waals surface area contributed by atoms with Gasteiger partial charge in [0, 0.05) is 21.7 Å². The fraction of sp³-hybridized carbons (Fsp3) is 0.118. The van der Waals surface area contributed by atoms with Gasteiger partial charge in [-0.2, -0.15) is 0 Å². The second-order valence-corrected chi connectivity index (χ2v) is 6.36. The smallest absolute Gasteiger partial charge is 0.227 e. The number of aromatic nitrogens is 4. The Morgan fingerprint density at radius 3 is 2.83 bits per heavy atom. The van der Waals surface area contributed by atoms with Crippen molar-refractivity contribution in [3.8, 4) is 0 Å². The number of nitrogens with one attached hydrogen (secondary N) is 2. The van der Waals surface area contributed by atoms with Crippen LogP contribution in [-0.2, 0) is 0 Å². The summed E-state index contributed by atoms with van der Waals surface area (Å²) in [5.41, 5.74) is 4.89. The Morgan fingerprint density at radius 1 is 1.09 bits per heavy atom. The van der Waals surface area contributed by atoms with Crippen LogP contribution in [0.15, 0.2) is 41.0 Å². The molecule has 0 amide bonds. The van der Waals surface area contributed by atoms with Gasteiger partial charge < -0.3 is 10.3 Å². The van der Waals surface area contributed by atoms with Crippen molar-refractivity contribution in [1.82, 2.24) is 19.9 Å². The van der Waals surface area contributed by atoms with Crippen molar-refractivity contribution in [3.63, 3.8) is 0 Å². The van der Waals surface area contributed by atoms with E-state index in [9.17, 15) is 0 Å². The van der Waals surface area contributed by atoms with Gasteiger partial charge in [0.15, 0.2) is 0 Å². The molecular formula is C17H14BrN5. The summed E-state index contributed by atoms with van der Waals surface area (Å²) >= 11 is 3.56. The molecule has 0 saturated carbocycles. The number of hydrogen-bond donors (Lipinski definition) is 2. The molecule has 0 fully saturated rings. The lowest BCUT2D eigenvalue weighted by molar-refractivity contribution is 1.17. The third kappa shape index (κ3) is 2.55. The van der Waals surface area contributed by atoms with Crippen LogP contribution in [0.3, 0.4) is 0 Å². The second-order valence-electron chi connectivity index (χ2n) is 5.51. The van der Waals surface area contributed by atoms with Gasteiger partial charge in [0.05, 0.1) is 11.0 Å². The van der Waals surface area contributed by atoms with E-state index in [4.69, 9.17) is 0 Å². The Morgan fingerprint density at radius 2 is 1.96 bits per heavy atom. The fourth-order valence-electron chi connectivity index (χ4n) is 2.66. The van der Waals surface area contributed by atoms with Crippen LogP contribution in [0.4, 0.5) is 11.6 Å². The maximum absolute atomic E-state index is 4.62. The van der Waals surface area contributed by atoms with E-state index in [1.54, 1.807) is 0 Å². The summed E-state index contributed by atoms with van der Waals surface area (Å²) in [4.78, 5) is 16.7. The molecule has 0 aliphatic heterocycles. The number of benzene rings is 2. The van der Waals surface area contributed by atoms with E-state index in [1.165, 1.54) is 0 Å². The van der Waals surface area contributed by atoms with Crippen LogP contribution in [0.25, 0.3) is 21.9 Å². The highest BCUT2D eigenvalue weighted by Crippen LogP contribution is 2.28. The highest BCUT2D eigenvalue weighted by atomic mass is 79.9. The van der Waals surface area contributed by atoms with Crippen molar-refractivity contribution in [2.75, 3.05) is 5.32 Å². The van der Waals surface area contributed by atoms with Crippen molar-refractivity contribution in [2.45, 2.75) is 13.8 Å². The van der Waals surface area contributed by atoms with Crippen molar-refractivity contribution < 1.29 is 0 Å². The van der Waals surface area contributed by atoms with Gasteiger partial charge in [0.25, 0.3) is 0 Å². The average Bonchev–Trinajstić information content (AvgIpc) is 2.89. The number of para-hydroxylation sites is 1. The molecular weight excluding hydrogens is 354 g/mol. The van der Waals surface area contributed by atoms with E-state index in [0.717, 1.165) is 43.5 Å². The van der Waals surface area contributed by atoms with Gasteiger partial charge >= 0.3 is 0 Å². The minimum absolute atomic E-state index is 0.578. The van der Waals surface area contributed by atoms with E-state index >= 15 is 0 Å². The molecule has 2 aromatic heterocycles. The molecule has 0 unspecified atom stereocenters. The Bertz CT molecular complexity index is 1040. The fourth-order valence-corrected chi connectivity index (χ4v) is 3.21. The first-order valence-electron chi connectivity index (χ1n) is 7.25. The zero-order valence-corrected chi connectivity index (χ0v) is 14.3. The van der Waals surface area contributed by atoms with E-state index in [2.05, 4.69) is 54.2 Å². The quantitative estimate of drug-likeness (QED) is 0.541. The molecule has 0 radical (unpaired) electrons. The SMILES string of the molecule is Cc1nc2c(Br)cc(Nc3ncc4cccc(C)c4n3)cc2[nH]1. The molecule has 6 heteroatoms. The first-order chi connectivity index (χ1) is 11.1. The monoisotopic (exact) mass is 367 g/mol. The van der Waals surface area contributed by atoms with Crippen LogP contribution >= 0.6 is 15.9 Å². The number of H-pyrrole nitrogens is 1. The molecule has 23 heavy (non-hydrogen) atoms. The van der Waals surface area contributed by atoms with Gasteiger partial charge in [0.1, 0.15) is 11.3 Å². The summed E-state index contributed by atoms with van der Waals surface area (Å²) in [5, 5.41) is 4.30. The summed E-state index contributed by atoms with van der Waals surface area (Å²) in [6.07, 6.45) is 1.84. The minimum atomic E-state index is 0.578. The van der Waals surface area contributed by atoms with Crippen LogP contribution in [0.2, 0.25) is 0 Å². The van der Waals surface area contributed by atoms with Crippen molar-refractivity contribution >= 4 is 49.5 Å². The maximum Gasteiger partial charge on any atom is 0.227 e. The Labute approximate surface area is 141 Å². The first kappa shape index (κ1) is 14.1. The lowest BCUT2D eigenvalue weighted by Gasteiger charge is -2.07. The van der Waals surface area contributed by atoms with Crippen molar-refractivity contribution in [3.05, 3.63) is 52.4 Å². The molecule has 0 aliphatic rings. The zero-order valence-electron chi connectivity index (χ0n) is 12.7. The molecule has 0 saturated heterocycles. The molecule has 0 spiro atoms. The lowest BCUT2D eigenvalue weighted by Crippen LogP contribution is -1.98. The predicted octanol–water partition coefficient (Wildman–Crippen LogP) is 4.63. The van der Waals surface area contributed by atoms with Gasteiger partial charge in [0.2, 0.25) is 5.95 Å². The van der Waals surface area contributed by atoms with E-state index in [1.807, 2.05) is 37.4 Å². The van der Waals surface area contributed by atoms with Gasteiger partial charge in [-0.05, 0) is 47.5 Å². The number of halogens is 1. The van der Waals surface area contributed by atoms with E-state index in [0.29, 0.717) is 5.95 Å². The van der Waals surface area contributed by atoms with Gasteiger partial charge in [-0.25, -0.2) is 15.0 Å². The van der Waals surface area contributed by atoms with Crippen LogP contribution in [0.5, 0.6) is 0 Å². The highest BCUT2D eigenvalue weighted by molar-refractivity contribution is 9.10. The molecule has 5 nitrogen and oxygen atoms in total. The third-order valence-electron chi connectivity index (χ3n) is 3.73. The average molecular weight is 368 g/mol. The first-order valence-corrected chi connectivity index (χ1v) is 8.05. The number of rotatable bonds is 2. The number of aromatic amines is 1. The number of aryl methyl sites for hydroxylation is 2. The number of anilines is 2. The van der Waals surface area contributed by atoms with Crippen LogP contribution in [-0.4, -0.2) is 19.9 Å². The number of imidazole rings is 1. The zero-order chi connectivity index (χ0) is 16.0. The number of hydrogen-bond acceptors (Lipinski definition) is 4. The topological polar surface area (TPSA) is 66.5 Å². The highest BCUT2D eigenvalue weighted by Gasteiger charge is 2.08. The normalized spacial score (nSPS) is 11.3. The van der Waals surface area contributed by atoms with Gasteiger partial charge in [-0.1, -0.05) is 18.2 Å². The largest absolute Gasteiger partial charge is 0.342 e. The van der Waals surface area contributed by atoms with Crippen LogP contribution < -0.4 is 5.32 Å². The number of fused-ring (bicyclic) bond motifs is 2. The van der Waals surface area contributed by atoms with Crippen molar-refractivity contribution in [1.29, 1.82) is 0 Å². The van der Waals surface area contributed by atoms with E-state index < -0.39 is 0 Å². The Kier molecular flexibility index (Phi) is 3.27. The third-order valence-corrected chi connectivity index (χ3v) is 4.33. The molecule has 4 aromatic rings. The summed E-state index contributed by atoms with van der Waals surface area (Å²) in [5.74, 6) is 1.46. The molecule has 2 aromatic carbocycles. The molecule has 0 atom stereocenters. The summed E-state index contributed by atoms with van der Waals surface area (Å²) < 4.78 is 0.929. The van der Waals surface area contributed by atoms with Crippen LogP contribution in [0.1, 0.15) is 11.4 Å². The second kappa shape index (κ2) is 5.31. The Hall–Kier alpha value is -2.47. The molecule has 2 heterocycles. The van der Waals surface area contributed by atoms with Gasteiger partial charge in [-0.15, -0.1) is 0 Å². The predicted molar refractivity (Wildman–Crippen MR) is 96.1 cm³/mol. The molecule has 4 rings (SSSR count). The van der Waals surface area contributed by atoms with Crippen LogP contribution in [0, 0.1) is 13.8 Å². The summed E-state index contributed by atoms with van der Waals surface area (Å²) in [6.45, 7) is 3.99. The molecule has 2 N–H and O–H groups in total. The minimum Gasteiger partial charge on any atom is -0.342 e. The van der Waals surface area contributed by atoms with E-state index in [-0.39, 0.29) is 0 Å². The molecule has 0 aliphatic carbocycles. The van der Waals surface area contributed by atoms with Gasteiger partial charge in [-0.3, -0.25) is 0 Å². The lowest BCUT2D eigenvalue weighted by atomic mass is 10.1. The summed E-state index contributed by atoms with van der Waals surface area (Å²) in [6, 6.07) is 10.1. The summed E-state index contributed by atoms with van der Waals surface area (Å²) in [7, 11) is 0. The number of nitrogens with zero attached hydrogens (tertiary/aromatic N) is 3. The maximum atomic E-state index is 4.62. The Balaban J connectivity index is 1.76. The van der Waals surface area contributed by atoms with Crippen molar-refractivity contribution in [2.24, 2.45) is 0 Å². The molecule has 0 bridgehead atoms. The molecule has 114 valence electrons. The standard InChI is InChI=1S/C17H14BrN5/c1-9-4-3-5-11-8-19-17(23-15(9)11)22-12-6-13(18)16-14(7-12)20-10(2)21-16/h3-8H,1-2H3,(H,20,21)(H,19,22,23).